The third-order valence-corrected chi connectivity index (χ3v) is 5.19. The fourth-order valence-corrected chi connectivity index (χ4v) is 3.64. The van der Waals surface area contributed by atoms with Gasteiger partial charge in [0.2, 0.25) is 10.0 Å². The summed E-state index contributed by atoms with van der Waals surface area (Å²) in [6.45, 7) is 0.862. The highest BCUT2D eigenvalue weighted by molar-refractivity contribution is 7.99. The molecule has 8 nitrogen and oxygen atoms in total. The van der Waals surface area contributed by atoms with Crippen LogP contribution in [-0.2, 0) is 21.3 Å². The number of ether oxygens (including phenoxy) is 1. The molecule has 13 heteroatoms. The van der Waals surface area contributed by atoms with Crippen LogP contribution in [0.2, 0.25) is 0 Å². The first-order valence-electron chi connectivity index (χ1n) is 7.64. The van der Waals surface area contributed by atoms with Gasteiger partial charge < -0.3 is 14.6 Å². The summed E-state index contributed by atoms with van der Waals surface area (Å²) in [5, 5.41) is 7.90. The van der Waals surface area contributed by atoms with Gasteiger partial charge in [0.1, 0.15) is 0 Å². The Balaban J connectivity index is 1.99. The molecule has 1 aromatic heterocycles. The highest BCUT2D eigenvalue weighted by atomic mass is 32.2. The molecule has 3 N–H and O–H groups in total. The van der Waals surface area contributed by atoms with Crippen LogP contribution >= 0.6 is 11.8 Å². The van der Waals surface area contributed by atoms with Gasteiger partial charge in [-0.2, -0.15) is 13.2 Å². The lowest BCUT2D eigenvalue weighted by Gasteiger charge is -2.09. The molecule has 0 unspecified atom stereocenters. The zero-order chi connectivity index (χ0) is 20.2. The zero-order valence-corrected chi connectivity index (χ0v) is 15.7. The minimum Gasteiger partial charge on any atom is -0.440 e. The molecular weight excluding hydrogens is 409 g/mol. The topological polar surface area (TPSA) is 116 Å². The van der Waals surface area contributed by atoms with Crippen molar-refractivity contribution in [3.63, 3.8) is 0 Å². The van der Waals surface area contributed by atoms with Gasteiger partial charge in [-0.3, -0.25) is 0 Å². The van der Waals surface area contributed by atoms with E-state index in [0.29, 0.717) is 28.5 Å². The van der Waals surface area contributed by atoms with E-state index in [1.807, 2.05) is 11.5 Å². The van der Waals surface area contributed by atoms with Crippen molar-refractivity contribution in [1.82, 2.24) is 14.9 Å². The lowest BCUT2D eigenvalue weighted by molar-refractivity contribution is -0.160. The van der Waals surface area contributed by atoms with Gasteiger partial charge in [-0.15, -0.1) is 0 Å². The van der Waals surface area contributed by atoms with E-state index >= 15 is 0 Å². The number of halogens is 3. The molecule has 0 saturated heterocycles. The highest BCUT2D eigenvalue weighted by Gasteiger charge is 2.29. The number of nitrogens with two attached hydrogens (primary N) is 1. The normalized spacial score (nSPS) is 12.3. The number of carbonyl (C=O) groups is 1. The van der Waals surface area contributed by atoms with Crippen molar-refractivity contribution in [3.8, 4) is 0 Å². The summed E-state index contributed by atoms with van der Waals surface area (Å²) in [5.74, 6) is 0.326. The van der Waals surface area contributed by atoms with Crippen LogP contribution in [0.5, 0.6) is 0 Å². The molecule has 150 valence electrons. The van der Waals surface area contributed by atoms with Gasteiger partial charge in [0.05, 0.1) is 15.9 Å². The van der Waals surface area contributed by atoms with Crippen LogP contribution in [0.25, 0.3) is 11.0 Å². The Morgan fingerprint density at radius 3 is 2.70 bits per heavy atom. The molecule has 2 rings (SSSR count). The van der Waals surface area contributed by atoms with Gasteiger partial charge >= 0.3 is 12.3 Å². The summed E-state index contributed by atoms with van der Waals surface area (Å²) < 4.78 is 64.6. The number of amides is 1. The number of rotatable bonds is 7. The van der Waals surface area contributed by atoms with Crippen LogP contribution in [0.1, 0.15) is 6.92 Å². The van der Waals surface area contributed by atoms with Crippen molar-refractivity contribution in [3.05, 3.63) is 18.2 Å². The molecule has 0 spiro atoms. The fraction of sp³-hybridized carbons (Fsp3) is 0.429. The van der Waals surface area contributed by atoms with Crippen molar-refractivity contribution in [2.45, 2.75) is 29.7 Å². The number of aryl methyl sites for hydroxylation is 1. The number of alkyl carbamates (subject to hydrolysis) is 1. The van der Waals surface area contributed by atoms with Gasteiger partial charge in [0.25, 0.3) is 0 Å². The Kier molecular flexibility index (Phi) is 6.59. The minimum atomic E-state index is -4.58. The standard InChI is InChI=1S/C14H17F3N4O4S2/c1-2-21-11-4-3-9(27(18,23)24)7-10(11)20-12(21)26-6-5-19-13(22)25-8-14(15,16)17/h3-4,7H,2,5-6,8H2,1H3,(H,19,22)(H2,18,23,24). The predicted octanol–water partition coefficient (Wildman–Crippen LogP) is 2.08. The minimum absolute atomic E-state index is 0.0543. The van der Waals surface area contributed by atoms with E-state index in [-0.39, 0.29) is 11.4 Å². The molecule has 0 saturated carbocycles. The SMILES string of the molecule is CCn1c(SCCNC(=O)OCC(F)(F)F)nc2cc(S(N)(=O)=O)ccc21. The second kappa shape index (κ2) is 8.35. The van der Waals surface area contributed by atoms with Crippen LogP contribution < -0.4 is 10.5 Å². The van der Waals surface area contributed by atoms with Crippen molar-refractivity contribution in [1.29, 1.82) is 0 Å². The number of alkyl halides is 3. The maximum absolute atomic E-state index is 11.9. The van der Waals surface area contributed by atoms with E-state index in [9.17, 15) is 26.4 Å². The molecule has 0 fully saturated rings. The number of hydrogen-bond donors (Lipinski definition) is 2. The van der Waals surface area contributed by atoms with Crippen molar-refractivity contribution in [2.24, 2.45) is 5.14 Å². The molecular formula is C14H17F3N4O4S2. The monoisotopic (exact) mass is 426 g/mol. The molecule has 0 bridgehead atoms. The molecule has 2 aromatic rings. The number of benzene rings is 1. The van der Waals surface area contributed by atoms with Gasteiger partial charge in [-0.25, -0.2) is 23.3 Å². The van der Waals surface area contributed by atoms with Crippen LogP contribution in [-0.4, -0.2) is 49.1 Å². The number of thioether (sulfide) groups is 1. The Morgan fingerprint density at radius 1 is 1.41 bits per heavy atom. The molecule has 1 aromatic carbocycles. The number of fused-ring (bicyclic) bond motifs is 1. The smallest absolute Gasteiger partial charge is 0.422 e. The van der Waals surface area contributed by atoms with Crippen LogP contribution in [0, 0.1) is 0 Å². The van der Waals surface area contributed by atoms with Crippen molar-refractivity contribution < 1.29 is 31.1 Å². The number of nitrogens with one attached hydrogen (secondary N) is 1. The van der Waals surface area contributed by atoms with Crippen LogP contribution in [0.3, 0.4) is 0 Å². The lowest BCUT2D eigenvalue weighted by Crippen LogP contribution is -2.30. The third-order valence-electron chi connectivity index (χ3n) is 3.30. The van der Waals surface area contributed by atoms with Gasteiger partial charge in [-0.05, 0) is 25.1 Å². The van der Waals surface area contributed by atoms with E-state index in [1.54, 1.807) is 6.07 Å². The molecule has 0 atom stereocenters. The van der Waals surface area contributed by atoms with E-state index < -0.39 is 28.9 Å². The molecule has 0 aliphatic rings. The number of sulfonamides is 1. The number of aromatic nitrogens is 2. The number of nitrogens with zero attached hydrogens (tertiary/aromatic N) is 2. The lowest BCUT2D eigenvalue weighted by atomic mass is 10.3. The summed E-state index contributed by atoms with van der Waals surface area (Å²) in [6.07, 6.45) is -5.73. The van der Waals surface area contributed by atoms with Crippen molar-refractivity contribution in [2.75, 3.05) is 18.9 Å². The first-order valence-corrected chi connectivity index (χ1v) is 10.2. The van der Waals surface area contributed by atoms with Crippen LogP contribution in [0.4, 0.5) is 18.0 Å². The number of carbonyl (C=O) groups excluding carboxylic acids is 1. The van der Waals surface area contributed by atoms with Gasteiger partial charge in [0.15, 0.2) is 11.8 Å². The first kappa shape index (κ1) is 21.3. The Bertz CT molecular complexity index is 928. The third kappa shape index (κ3) is 6.01. The second-order valence-corrected chi connectivity index (χ2v) is 7.92. The van der Waals surface area contributed by atoms with Crippen molar-refractivity contribution >= 4 is 38.9 Å². The number of hydrogen-bond acceptors (Lipinski definition) is 6. The van der Waals surface area contributed by atoms with E-state index in [1.165, 1.54) is 23.9 Å². The molecule has 0 aliphatic carbocycles. The number of imidazole rings is 1. The Morgan fingerprint density at radius 2 is 2.11 bits per heavy atom. The molecule has 1 heterocycles. The van der Waals surface area contributed by atoms with Crippen LogP contribution in [0.15, 0.2) is 28.3 Å². The second-order valence-electron chi connectivity index (χ2n) is 5.30. The quantitative estimate of drug-likeness (QED) is 0.517. The fourth-order valence-electron chi connectivity index (χ4n) is 2.17. The summed E-state index contributed by atoms with van der Waals surface area (Å²) in [7, 11) is -3.85. The summed E-state index contributed by atoms with van der Waals surface area (Å²) in [5.41, 5.74) is 1.16. The Hall–Kier alpha value is -1.99. The first-order chi connectivity index (χ1) is 12.5. The maximum atomic E-state index is 11.9. The molecule has 1 amide bonds. The summed E-state index contributed by atoms with van der Waals surface area (Å²) in [4.78, 5) is 15.5. The average Bonchev–Trinajstić information content (AvgIpc) is 2.92. The predicted molar refractivity (Wildman–Crippen MR) is 92.9 cm³/mol. The van der Waals surface area contributed by atoms with E-state index in [0.717, 1.165) is 0 Å². The van der Waals surface area contributed by atoms with E-state index in [4.69, 9.17) is 5.14 Å². The summed E-state index contributed by atoms with van der Waals surface area (Å²) in [6, 6.07) is 4.36. The molecule has 0 aliphatic heterocycles. The molecule has 27 heavy (non-hydrogen) atoms. The number of primary sulfonamides is 1. The maximum Gasteiger partial charge on any atom is 0.422 e. The molecule has 0 radical (unpaired) electrons. The highest BCUT2D eigenvalue weighted by Crippen LogP contribution is 2.25. The zero-order valence-electron chi connectivity index (χ0n) is 14.1. The largest absolute Gasteiger partial charge is 0.440 e. The Labute approximate surface area is 157 Å². The van der Waals surface area contributed by atoms with Gasteiger partial charge in [0, 0.05) is 18.8 Å². The summed E-state index contributed by atoms with van der Waals surface area (Å²) >= 11 is 1.25. The van der Waals surface area contributed by atoms with E-state index in [2.05, 4.69) is 15.0 Å². The van der Waals surface area contributed by atoms with Gasteiger partial charge in [-0.1, -0.05) is 11.8 Å². The average molecular weight is 426 g/mol.